The molecule has 2 saturated heterocycles. The normalized spacial score (nSPS) is 29.9. The second-order valence-electron chi connectivity index (χ2n) is 5.40. The number of carbonyl (C=O) groups excluding carboxylic acids is 2. The van der Waals surface area contributed by atoms with Crippen LogP contribution in [0.25, 0.3) is 0 Å². The summed E-state index contributed by atoms with van der Waals surface area (Å²) in [6.45, 7) is 1.57. The third kappa shape index (κ3) is 1.32. The number of amides is 2. The number of carbonyl (C=O) groups is 2. The summed E-state index contributed by atoms with van der Waals surface area (Å²) in [7, 11) is 0. The lowest BCUT2D eigenvalue weighted by Crippen LogP contribution is -2.59. The van der Waals surface area contributed by atoms with E-state index in [1.54, 1.807) is 4.90 Å². The van der Waals surface area contributed by atoms with Crippen LogP contribution in [-0.2, 0) is 9.59 Å². The molecule has 3 rings (SSSR count). The number of hydrogen-bond acceptors (Lipinski definition) is 3. The van der Waals surface area contributed by atoms with Crippen LogP contribution in [0.4, 0.5) is 0 Å². The summed E-state index contributed by atoms with van der Waals surface area (Å²) >= 11 is 0. The maximum Gasteiger partial charge on any atom is 0.236 e. The second-order valence-corrected chi connectivity index (χ2v) is 5.40. The number of likely N-dealkylation sites (tertiary alicyclic amines) is 1. The number of nitrogens with zero attached hydrogens (tertiary/aromatic N) is 1. The molecule has 3 aliphatic rings. The fraction of sp³-hybridized carbons (Fsp3) is 0.833. The van der Waals surface area contributed by atoms with Gasteiger partial charge in [0.2, 0.25) is 11.8 Å². The molecule has 3 fully saturated rings. The quantitative estimate of drug-likeness (QED) is 0.663. The van der Waals surface area contributed by atoms with E-state index in [1.165, 1.54) is 6.42 Å². The summed E-state index contributed by atoms with van der Waals surface area (Å²) < 4.78 is 0. The van der Waals surface area contributed by atoms with E-state index in [-0.39, 0.29) is 23.3 Å². The van der Waals surface area contributed by atoms with E-state index in [1.807, 2.05) is 0 Å². The first kappa shape index (κ1) is 10.3. The van der Waals surface area contributed by atoms with Crippen LogP contribution >= 0.6 is 0 Å². The number of nitrogens with one attached hydrogen (secondary N) is 1. The maximum absolute atomic E-state index is 12.4. The van der Waals surface area contributed by atoms with Crippen molar-refractivity contribution in [3.8, 4) is 0 Å². The van der Waals surface area contributed by atoms with Crippen LogP contribution in [0.3, 0.4) is 0 Å². The Kier molecular flexibility index (Phi) is 2.28. The smallest absolute Gasteiger partial charge is 0.236 e. The van der Waals surface area contributed by atoms with E-state index in [4.69, 9.17) is 0 Å². The van der Waals surface area contributed by atoms with Crippen LogP contribution < -0.4 is 5.32 Å². The van der Waals surface area contributed by atoms with Gasteiger partial charge < -0.3 is 5.32 Å². The van der Waals surface area contributed by atoms with E-state index in [2.05, 4.69) is 5.32 Å². The Bertz CT molecular complexity index is 330. The van der Waals surface area contributed by atoms with Crippen LogP contribution in [0.5, 0.6) is 0 Å². The van der Waals surface area contributed by atoms with Gasteiger partial charge in [0, 0.05) is 19.5 Å². The van der Waals surface area contributed by atoms with Crippen molar-refractivity contribution >= 4 is 11.8 Å². The fourth-order valence-corrected chi connectivity index (χ4v) is 3.26. The summed E-state index contributed by atoms with van der Waals surface area (Å²) in [5, 5.41) is 3.12. The van der Waals surface area contributed by atoms with Gasteiger partial charge in [-0.2, -0.15) is 0 Å². The Balaban J connectivity index is 1.83. The predicted molar refractivity (Wildman–Crippen MR) is 58.6 cm³/mol. The lowest BCUT2D eigenvalue weighted by Gasteiger charge is -2.36. The Morgan fingerprint density at radius 2 is 1.81 bits per heavy atom. The highest BCUT2D eigenvalue weighted by Gasteiger charge is 2.53. The average Bonchev–Trinajstić information content (AvgIpc) is 2.42. The lowest BCUT2D eigenvalue weighted by molar-refractivity contribution is -0.146. The zero-order chi connectivity index (χ0) is 11.2. The summed E-state index contributed by atoms with van der Waals surface area (Å²) in [5.41, 5.74) is -0.301. The molecule has 4 heteroatoms. The summed E-state index contributed by atoms with van der Waals surface area (Å²) in [5.74, 6) is 0.196. The van der Waals surface area contributed by atoms with Crippen molar-refractivity contribution in [1.29, 1.82) is 0 Å². The molecule has 0 radical (unpaired) electrons. The Hall–Kier alpha value is -0.900. The van der Waals surface area contributed by atoms with Crippen molar-refractivity contribution in [2.24, 2.45) is 5.41 Å². The molecular formula is C12H18N2O2. The SMILES string of the molecule is O=C1CC2(CCCCC2)C(=O)N1C1CNC1. The third-order valence-electron chi connectivity index (χ3n) is 4.37. The monoisotopic (exact) mass is 222 g/mol. The molecule has 1 aliphatic carbocycles. The highest BCUT2D eigenvalue weighted by molar-refractivity contribution is 6.06. The summed E-state index contributed by atoms with van der Waals surface area (Å²) in [6.07, 6.45) is 5.75. The topological polar surface area (TPSA) is 49.4 Å². The molecule has 1 spiro atoms. The molecule has 0 aromatic heterocycles. The molecule has 2 aliphatic heterocycles. The third-order valence-corrected chi connectivity index (χ3v) is 4.37. The van der Waals surface area contributed by atoms with Crippen molar-refractivity contribution in [2.45, 2.75) is 44.6 Å². The molecule has 1 saturated carbocycles. The van der Waals surface area contributed by atoms with Gasteiger partial charge in [-0.1, -0.05) is 19.3 Å². The standard InChI is InChI=1S/C12H18N2O2/c15-10-6-12(4-2-1-3-5-12)11(16)14(10)9-7-13-8-9/h9,13H,1-8H2. The largest absolute Gasteiger partial charge is 0.313 e. The van der Waals surface area contributed by atoms with Gasteiger partial charge in [-0.15, -0.1) is 0 Å². The van der Waals surface area contributed by atoms with E-state index >= 15 is 0 Å². The van der Waals surface area contributed by atoms with Gasteiger partial charge in [0.1, 0.15) is 0 Å². The van der Waals surface area contributed by atoms with Gasteiger partial charge >= 0.3 is 0 Å². The minimum atomic E-state index is -0.301. The van der Waals surface area contributed by atoms with Crippen LogP contribution in [-0.4, -0.2) is 35.8 Å². The molecule has 0 aromatic carbocycles. The van der Waals surface area contributed by atoms with Crippen LogP contribution in [0.2, 0.25) is 0 Å². The minimum Gasteiger partial charge on any atom is -0.313 e. The van der Waals surface area contributed by atoms with Gasteiger partial charge in [0.15, 0.2) is 0 Å². The predicted octanol–water partition coefficient (Wildman–Crippen LogP) is 0.668. The van der Waals surface area contributed by atoms with Crippen molar-refractivity contribution < 1.29 is 9.59 Å². The highest BCUT2D eigenvalue weighted by atomic mass is 16.2. The van der Waals surface area contributed by atoms with Crippen molar-refractivity contribution in [1.82, 2.24) is 10.2 Å². The van der Waals surface area contributed by atoms with E-state index in [0.717, 1.165) is 38.8 Å². The zero-order valence-corrected chi connectivity index (χ0v) is 9.50. The molecule has 0 aromatic rings. The van der Waals surface area contributed by atoms with Gasteiger partial charge in [0.05, 0.1) is 11.5 Å². The first-order valence-electron chi connectivity index (χ1n) is 6.30. The summed E-state index contributed by atoms with van der Waals surface area (Å²) in [4.78, 5) is 25.9. The molecule has 2 amide bonds. The molecule has 0 bridgehead atoms. The molecule has 2 heterocycles. The Morgan fingerprint density at radius 3 is 2.38 bits per heavy atom. The average molecular weight is 222 g/mol. The van der Waals surface area contributed by atoms with Crippen LogP contribution in [0.1, 0.15) is 38.5 Å². The molecule has 0 atom stereocenters. The minimum absolute atomic E-state index is 0.0680. The molecule has 0 unspecified atom stereocenters. The summed E-state index contributed by atoms with van der Waals surface area (Å²) in [6, 6.07) is 0.140. The number of hydrogen-bond donors (Lipinski definition) is 1. The fourth-order valence-electron chi connectivity index (χ4n) is 3.26. The molecule has 1 N–H and O–H groups in total. The second kappa shape index (κ2) is 3.55. The van der Waals surface area contributed by atoms with Crippen LogP contribution in [0.15, 0.2) is 0 Å². The first-order valence-corrected chi connectivity index (χ1v) is 6.30. The van der Waals surface area contributed by atoms with Crippen LogP contribution in [0, 0.1) is 5.41 Å². The number of rotatable bonds is 1. The van der Waals surface area contributed by atoms with Gasteiger partial charge in [-0.3, -0.25) is 14.5 Å². The van der Waals surface area contributed by atoms with Gasteiger partial charge in [0.25, 0.3) is 0 Å². The Labute approximate surface area is 95.4 Å². The highest BCUT2D eigenvalue weighted by Crippen LogP contribution is 2.45. The maximum atomic E-state index is 12.4. The zero-order valence-electron chi connectivity index (χ0n) is 9.50. The van der Waals surface area contributed by atoms with Gasteiger partial charge in [-0.05, 0) is 12.8 Å². The first-order chi connectivity index (χ1) is 7.73. The van der Waals surface area contributed by atoms with Crippen molar-refractivity contribution in [3.05, 3.63) is 0 Å². The van der Waals surface area contributed by atoms with E-state index < -0.39 is 0 Å². The molecular weight excluding hydrogens is 204 g/mol. The molecule has 16 heavy (non-hydrogen) atoms. The van der Waals surface area contributed by atoms with Crippen molar-refractivity contribution in [3.63, 3.8) is 0 Å². The lowest BCUT2D eigenvalue weighted by atomic mass is 9.73. The van der Waals surface area contributed by atoms with E-state index in [0.29, 0.717) is 6.42 Å². The molecule has 4 nitrogen and oxygen atoms in total. The van der Waals surface area contributed by atoms with Gasteiger partial charge in [-0.25, -0.2) is 0 Å². The molecule has 88 valence electrons. The Morgan fingerprint density at radius 1 is 1.12 bits per heavy atom. The van der Waals surface area contributed by atoms with Crippen molar-refractivity contribution in [2.75, 3.05) is 13.1 Å². The van der Waals surface area contributed by atoms with E-state index in [9.17, 15) is 9.59 Å². The number of imide groups is 1.